The average molecular weight is 427 g/mol. The Bertz CT molecular complexity index is 957. The summed E-state index contributed by atoms with van der Waals surface area (Å²) in [5.74, 6) is 0.227. The lowest BCUT2D eigenvalue weighted by molar-refractivity contribution is -0.137. The van der Waals surface area contributed by atoms with Gasteiger partial charge in [-0.1, -0.05) is 32.9 Å². The third kappa shape index (κ3) is 4.74. The highest BCUT2D eigenvalue weighted by Crippen LogP contribution is 2.32. The Morgan fingerprint density at radius 3 is 2.07 bits per heavy atom. The van der Waals surface area contributed by atoms with Gasteiger partial charge in [0.2, 0.25) is 0 Å². The molecule has 3 rings (SSSR count). The molecule has 0 N–H and O–H groups in total. The number of hydrogen-bond donors (Lipinski definition) is 0. The molecule has 1 aliphatic heterocycles. The lowest BCUT2D eigenvalue weighted by Crippen LogP contribution is -2.39. The van der Waals surface area contributed by atoms with Crippen molar-refractivity contribution in [3.63, 3.8) is 0 Å². The van der Waals surface area contributed by atoms with Gasteiger partial charge in [-0.2, -0.15) is 13.2 Å². The number of halogens is 3. The fourth-order valence-electron chi connectivity index (χ4n) is 3.50. The van der Waals surface area contributed by atoms with Gasteiger partial charge < -0.3 is 4.90 Å². The maximum atomic E-state index is 13.0. The van der Waals surface area contributed by atoms with Gasteiger partial charge in [-0.25, -0.2) is 13.4 Å². The van der Waals surface area contributed by atoms with Crippen LogP contribution in [0.15, 0.2) is 47.5 Å². The van der Waals surface area contributed by atoms with Crippen molar-refractivity contribution < 1.29 is 21.6 Å². The molecule has 4 nitrogen and oxygen atoms in total. The molecule has 0 saturated carbocycles. The molecular formula is C21H25F3N2O2S. The molecule has 2 aromatic rings. The standard InChI is InChI=1S/C21H25F3N2O2S/c1-20(2,3)15-4-6-17(7-5-15)29(27,28)18-9-12-26(13-10-18)19-14-16(8-11-25-19)21(22,23)24/h4-8,11,14,18H,9-10,12-13H2,1-3H3. The van der Waals surface area contributed by atoms with E-state index in [4.69, 9.17) is 0 Å². The zero-order valence-electron chi connectivity index (χ0n) is 16.7. The molecule has 0 spiro atoms. The van der Waals surface area contributed by atoms with Crippen LogP contribution >= 0.6 is 0 Å². The number of pyridine rings is 1. The van der Waals surface area contributed by atoms with Crippen LogP contribution in [0.4, 0.5) is 19.0 Å². The fraction of sp³-hybridized carbons (Fsp3) is 0.476. The van der Waals surface area contributed by atoms with Gasteiger partial charge in [0.1, 0.15) is 5.82 Å². The van der Waals surface area contributed by atoms with Gasteiger partial charge in [-0.15, -0.1) is 0 Å². The first-order valence-electron chi connectivity index (χ1n) is 9.52. The number of benzene rings is 1. The second-order valence-corrected chi connectivity index (χ2v) is 10.6. The topological polar surface area (TPSA) is 50.3 Å². The maximum Gasteiger partial charge on any atom is 0.416 e. The second-order valence-electron chi connectivity index (χ2n) is 8.41. The summed E-state index contributed by atoms with van der Waals surface area (Å²) in [6, 6.07) is 8.93. The third-order valence-corrected chi connectivity index (χ3v) is 7.60. The summed E-state index contributed by atoms with van der Waals surface area (Å²) in [5, 5.41) is -0.551. The molecule has 1 saturated heterocycles. The van der Waals surface area contributed by atoms with Crippen molar-refractivity contribution in [2.45, 2.75) is 55.3 Å². The quantitative estimate of drug-likeness (QED) is 0.705. The molecule has 29 heavy (non-hydrogen) atoms. The molecule has 0 bridgehead atoms. The van der Waals surface area contributed by atoms with E-state index >= 15 is 0 Å². The molecule has 0 atom stereocenters. The number of anilines is 1. The summed E-state index contributed by atoms with van der Waals surface area (Å²) in [7, 11) is -3.49. The minimum Gasteiger partial charge on any atom is -0.357 e. The van der Waals surface area contributed by atoms with E-state index in [9.17, 15) is 21.6 Å². The van der Waals surface area contributed by atoms with Crippen molar-refractivity contribution in [2.24, 2.45) is 0 Å². The van der Waals surface area contributed by atoms with E-state index in [1.807, 2.05) is 12.1 Å². The molecule has 0 aliphatic carbocycles. The number of hydrogen-bond acceptors (Lipinski definition) is 4. The third-order valence-electron chi connectivity index (χ3n) is 5.33. The Morgan fingerprint density at radius 2 is 1.55 bits per heavy atom. The summed E-state index contributed by atoms with van der Waals surface area (Å²) >= 11 is 0. The maximum absolute atomic E-state index is 13.0. The highest BCUT2D eigenvalue weighted by atomic mass is 32.2. The van der Waals surface area contributed by atoms with Crippen molar-refractivity contribution in [2.75, 3.05) is 18.0 Å². The van der Waals surface area contributed by atoms with Crippen molar-refractivity contribution in [1.82, 2.24) is 4.98 Å². The SMILES string of the molecule is CC(C)(C)c1ccc(S(=O)(=O)C2CCN(c3cc(C(F)(F)F)ccn3)CC2)cc1. The van der Waals surface area contributed by atoms with Crippen LogP contribution in [-0.2, 0) is 21.4 Å². The first-order chi connectivity index (χ1) is 13.4. The van der Waals surface area contributed by atoms with Crippen molar-refractivity contribution in [3.05, 3.63) is 53.7 Å². The highest BCUT2D eigenvalue weighted by molar-refractivity contribution is 7.92. The Hall–Kier alpha value is -2.09. The van der Waals surface area contributed by atoms with Crippen LogP contribution in [-0.4, -0.2) is 31.7 Å². The van der Waals surface area contributed by atoms with E-state index in [0.717, 1.165) is 23.9 Å². The van der Waals surface area contributed by atoms with E-state index in [2.05, 4.69) is 25.8 Å². The summed E-state index contributed by atoms with van der Waals surface area (Å²) in [6.07, 6.45) is -2.60. The van der Waals surface area contributed by atoms with Gasteiger partial charge >= 0.3 is 6.18 Å². The predicted octanol–water partition coefficient (Wildman–Crippen LogP) is 4.84. The number of alkyl halides is 3. The Morgan fingerprint density at radius 1 is 0.966 bits per heavy atom. The van der Waals surface area contributed by atoms with Crippen LogP contribution in [0.2, 0.25) is 0 Å². The minimum atomic E-state index is -4.43. The van der Waals surface area contributed by atoms with Gasteiger partial charge in [0, 0.05) is 19.3 Å². The van der Waals surface area contributed by atoms with E-state index < -0.39 is 26.8 Å². The van der Waals surface area contributed by atoms with E-state index in [1.54, 1.807) is 17.0 Å². The van der Waals surface area contributed by atoms with Crippen LogP contribution in [0.1, 0.15) is 44.7 Å². The number of piperidine rings is 1. The van der Waals surface area contributed by atoms with Crippen LogP contribution < -0.4 is 4.90 Å². The van der Waals surface area contributed by atoms with Crippen LogP contribution in [0.3, 0.4) is 0 Å². The number of sulfone groups is 1. The van der Waals surface area contributed by atoms with Gasteiger partial charge in [0.15, 0.2) is 9.84 Å². The lowest BCUT2D eigenvalue weighted by atomic mass is 9.87. The average Bonchev–Trinajstić information content (AvgIpc) is 2.67. The minimum absolute atomic E-state index is 0.0639. The number of rotatable bonds is 3. The van der Waals surface area contributed by atoms with Gasteiger partial charge in [0.25, 0.3) is 0 Å². The van der Waals surface area contributed by atoms with Crippen molar-refractivity contribution in [3.8, 4) is 0 Å². The smallest absolute Gasteiger partial charge is 0.357 e. The molecule has 0 unspecified atom stereocenters. The molecule has 1 aromatic carbocycles. The summed E-state index contributed by atoms with van der Waals surface area (Å²) in [5.41, 5.74) is 0.240. The van der Waals surface area contributed by atoms with E-state index in [1.165, 1.54) is 0 Å². The number of nitrogens with zero attached hydrogens (tertiary/aromatic N) is 2. The molecule has 0 radical (unpaired) electrons. The van der Waals surface area contributed by atoms with Crippen molar-refractivity contribution >= 4 is 15.7 Å². The Balaban J connectivity index is 1.72. The molecule has 1 aromatic heterocycles. The summed E-state index contributed by atoms with van der Waals surface area (Å²) < 4.78 is 64.7. The zero-order valence-corrected chi connectivity index (χ0v) is 17.5. The summed E-state index contributed by atoms with van der Waals surface area (Å²) in [6.45, 7) is 6.88. The molecule has 1 fully saturated rings. The lowest BCUT2D eigenvalue weighted by Gasteiger charge is -2.32. The molecule has 0 amide bonds. The van der Waals surface area contributed by atoms with Crippen molar-refractivity contribution in [1.29, 1.82) is 0 Å². The van der Waals surface area contributed by atoms with Crippen LogP contribution in [0.25, 0.3) is 0 Å². The Kier molecular flexibility index (Phi) is 5.69. The highest BCUT2D eigenvalue weighted by Gasteiger charge is 2.34. The predicted molar refractivity (Wildman–Crippen MR) is 107 cm³/mol. The van der Waals surface area contributed by atoms with Crippen LogP contribution in [0.5, 0.6) is 0 Å². The fourth-order valence-corrected chi connectivity index (χ4v) is 5.23. The molecule has 1 aliphatic rings. The largest absolute Gasteiger partial charge is 0.416 e. The molecule has 8 heteroatoms. The number of aromatic nitrogens is 1. The zero-order chi connectivity index (χ0) is 21.4. The monoisotopic (exact) mass is 426 g/mol. The second kappa shape index (κ2) is 7.63. The van der Waals surface area contributed by atoms with Gasteiger partial charge in [-0.05, 0) is 48.1 Å². The summed E-state index contributed by atoms with van der Waals surface area (Å²) in [4.78, 5) is 6.04. The molecule has 2 heterocycles. The van der Waals surface area contributed by atoms with Gasteiger partial charge in [-0.3, -0.25) is 0 Å². The first-order valence-corrected chi connectivity index (χ1v) is 11.1. The molecular weight excluding hydrogens is 401 g/mol. The van der Waals surface area contributed by atoms with E-state index in [-0.39, 0.29) is 11.2 Å². The van der Waals surface area contributed by atoms with E-state index in [0.29, 0.717) is 30.8 Å². The molecule has 158 valence electrons. The van der Waals surface area contributed by atoms with Crippen LogP contribution in [0, 0.1) is 0 Å². The normalized spacial score (nSPS) is 16.8. The first kappa shape index (κ1) is 21.6. The van der Waals surface area contributed by atoms with Gasteiger partial charge in [0.05, 0.1) is 15.7 Å². The Labute approximate surface area is 169 Å².